The van der Waals surface area contributed by atoms with Crippen molar-refractivity contribution in [1.82, 2.24) is 4.90 Å². The quantitative estimate of drug-likeness (QED) is 0.202. The lowest BCUT2D eigenvalue weighted by Gasteiger charge is -2.36. The maximum Gasteiger partial charge on any atom is 0.305 e. The molecule has 4 rings (SSSR count). The molecule has 1 heterocycles. The minimum absolute atomic E-state index is 0.0893. The molecule has 194 valence electrons. The highest BCUT2D eigenvalue weighted by Crippen LogP contribution is 2.32. The Bertz CT molecular complexity index is 937. The standard InChI is InChI=1S/C31H41NO4/c1-34-30(33)14-8-2-3-11-23-35-31-28(32-21-9-5-10-22-32)19-20-29(31)36-24-25-15-17-27(18-16-25)26-12-6-4-7-13-26/h3-4,6-7,11-13,15-18,28-29,31H,2,5,8-10,14,19-24H2,1H3/t28-,29-,31+/m0/s1. The first-order chi connectivity index (χ1) is 17.7. The molecule has 2 fully saturated rings. The molecule has 36 heavy (non-hydrogen) atoms. The highest BCUT2D eigenvalue weighted by Gasteiger charge is 2.41. The third kappa shape index (κ3) is 7.76. The fourth-order valence-corrected chi connectivity index (χ4v) is 5.39. The van der Waals surface area contributed by atoms with Crippen LogP contribution in [0, 0.1) is 0 Å². The zero-order chi connectivity index (χ0) is 25.0. The molecule has 0 unspecified atom stereocenters. The molecule has 1 saturated heterocycles. The number of unbranched alkanes of at least 4 members (excludes halogenated alkanes) is 1. The summed E-state index contributed by atoms with van der Waals surface area (Å²) in [6.07, 6.45) is 12.6. The summed E-state index contributed by atoms with van der Waals surface area (Å²) in [5, 5.41) is 0. The normalized spacial score (nSPS) is 22.8. The number of benzene rings is 2. The van der Waals surface area contributed by atoms with Crippen LogP contribution in [0.5, 0.6) is 0 Å². The van der Waals surface area contributed by atoms with Gasteiger partial charge >= 0.3 is 5.97 Å². The molecule has 0 radical (unpaired) electrons. The number of carbonyl (C=O) groups excluding carboxylic acids is 1. The van der Waals surface area contributed by atoms with E-state index in [0.717, 1.165) is 25.7 Å². The molecule has 2 aromatic carbocycles. The summed E-state index contributed by atoms with van der Waals surface area (Å²) in [4.78, 5) is 13.9. The number of nitrogens with zero attached hydrogens (tertiary/aromatic N) is 1. The van der Waals surface area contributed by atoms with Crippen LogP contribution >= 0.6 is 0 Å². The molecule has 0 amide bonds. The van der Waals surface area contributed by atoms with Crippen LogP contribution in [0.25, 0.3) is 11.1 Å². The van der Waals surface area contributed by atoms with Gasteiger partial charge in [0, 0.05) is 12.5 Å². The van der Waals surface area contributed by atoms with E-state index in [1.807, 2.05) is 6.07 Å². The molecule has 0 spiro atoms. The third-order valence-electron chi connectivity index (χ3n) is 7.41. The van der Waals surface area contributed by atoms with E-state index in [1.165, 1.54) is 56.2 Å². The van der Waals surface area contributed by atoms with Gasteiger partial charge < -0.3 is 14.2 Å². The lowest BCUT2D eigenvalue weighted by molar-refractivity contribution is -0.140. The molecule has 3 atom stereocenters. The number of hydrogen-bond acceptors (Lipinski definition) is 5. The van der Waals surface area contributed by atoms with Gasteiger partial charge in [0.15, 0.2) is 0 Å². The summed E-state index contributed by atoms with van der Waals surface area (Å²) in [6, 6.07) is 19.6. The molecular formula is C31H41NO4. The van der Waals surface area contributed by atoms with E-state index in [4.69, 9.17) is 14.2 Å². The van der Waals surface area contributed by atoms with Crippen LogP contribution in [0.3, 0.4) is 0 Å². The maximum atomic E-state index is 11.3. The van der Waals surface area contributed by atoms with E-state index in [9.17, 15) is 4.79 Å². The Balaban J connectivity index is 1.30. The minimum Gasteiger partial charge on any atom is -0.469 e. The first-order valence-electron chi connectivity index (χ1n) is 13.6. The Hall–Kier alpha value is -2.47. The second kappa shape index (κ2) is 14.3. The molecule has 2 aromatic rings. The molecule has 5 heteroatoms. The predicted octanol–water partition coefficient (Wildman–Crippen LogP) is 6.17. The predicted molar refractivity (Wildman–Crippen MR) is 144 cm³/mol. The molecule has 2 aliphatic rings. The Kier molecular flexibility index (Phi) is 10.6. The number of rotatable bonds is 12. The molecule has 5 nitrogen and oxygen atoms in total. The van der Waals surface area contributed by atoms with E-state index >= 15 is 0 Å². The Morgan fingerprint density at radius 1 is 0.917 bits per heavy atom. The van der Waals surface area contributed by atoms with Crippen LogP contribution in [0.15, 0.2) is 66.7 Å². The van der Waals surface area contributed by atoms with E-state index < -0.39 is 0 Å². The van der Waals surface area contributed by atoms with Crippen LogP contribution < -0.4 is 0 Å². The SMILES string of the molecule is COC(=O)CCCC=CCO[C@H]1[C@@H](OCc2ccc(-c3ccccc3)cc2)CC[C@@H]1N1CCCCC1. The van der Waals surface area contributed by atoms with Crippen LogP contribution in [0.2, 0.25) is 0 Å². The molecule has 0 N–H and O–H groups in total. The average molecular weight is 492 g/mol. The number of esters is 1. The number of ether oxygens (including phenoxy) is 3. The van der Waals surface area contributed by atoms with Crippen molar-refractivity contribution < 1.29 is 19.0 Å². The first kappa shape index (κ1) is 26.6. The molecule has 0 aromatic heterocycles. The summed E-state index contributed by atoms with van der Waals surface area (Å²) < 4.78 is 17.6. The second-order valence-electron chi connectivity index (χ2n) is 9.89. The summed E-state index contributed by atoms with van der Waals surface area (Å²) in [5.74, 6) is -0.148. The van der Waals surface area contributed by atoms with Gasteiger partial charge in [-0.2, -0.15) is 0 Å². The highest BCUT2D eigenvalue weighted by molar-refractivity contribution is 5.69. The van der Waals surface area contributed by atoms with Gasteiger partial charge in [-0.05, 0) is 68.3 Å². The van der Waals surface area contributed by atoms with Gasteiger partial charge in [-0.25, -0.2) is 0 Å². The Labute approximate surface area is 216 Å². The Morgan fingerprint density at radius 2 is 1.67 bits per heavy atom. The van der Waals surface area contributed by atoms with Crippen molar-refractivity contribution >= 4 is 5.97 Å². The maximum absolute atomic E-state index is 11.3. The number of likely N-dealkylation sites (tertiary alicyclic amines) is 1. The average Bonchev–Trinajstić information content (AvgIpc) is 3.35. The lowest BCUT2D eigenvalue weighted by Crippen LogP contribution is -2.47. The smallest absolute Gasteiger partial charge is 0.305 e. The van der Waals surface area contributed by atoms with Crippen LogP contribution in [0.4, 0.5) is 0 Å². The van der Waals surface area contributed by atoms with Gasteiger partial charge in [-0.1, -0.05) is 73.2 Å². The summed E-state index contributed by atoms with van der Waals surface area (Å²) in [5.41, 5.74) is 3.65. The zero-order valence-corrected chi connectivity index (χ0v) is 21.6. The summed E-state index contributed by atoms with van der Waals surface area (Å²) >= 11 is 0. The molecular weight excluding hydrogens is 450 g/mol. The summed E-state index contributed by atoms with van der Waals surface area (Å²) in [6.45, 7) is 3.53. The fourth-order valence-electron chi connectivity index (χ4n) is 5.39. The zero-order valence-electron chi connectivity index (χ0n) is 21.6. The van der Waals surface area contributed by atoms with Crippen molar-refractivity contribution in [2.45, 2.75) is 76.2 Å². The Morgan fingerprint density at radius 3 is 2.42 bits per heavy atom. The number of carbonyl (C=O) groups is 1. The van der Waals surface area contributed by atoms with Crippen LogP contribution in [-0.4, -0.2) is 55.9 Å². The van der Waals surface area contributed by atoms with Gasteiger partial charge in [-0.3, -0.25) is 9.69 Å². The van der Waals surface area contributed by atoms with E-state index in [1.54, 1.807) is 0 Å². The van der Waals surface area contributed by atoms with Crippen molar-refractivity contribution in [3.63, 3.8) is 0 Å². The van der Waals surface area contributed by atoms with E-state index in [-0.39, 0.29) is 18.2 Å². The van der Waals surface area contributed by atoms with Crippen LogP contribution in [0.1, 0.15) is 56.9 Å². The van der Waals surface area contributed by atoms with Crippen molar-refractivity contribution in [1.29, 1.82) is 0 Å². The fraction of sp³-hybridized carbons (Fsp3) is 0.516. The molecule has 0 bridgehead atoms. The minimum atomic E-state index is -0.148. The number of methoxy groups -OCH3 is 1. The van der Waals surface area contributed by atoms with Gasteiger partial charge in [0.25, 0.3) is 0 Å². The highest BCUT2D eigenvalue weighted by atomic mass is 16.5. The first-order valence-corrected chi connectivity index (χ1v) is 13.6. The second-order valence-corrected chi connectivity index (χ2v) is 9.89. The topological polar surface area (TPSA) is 48.0 Å². The monoisotopic (exact) mass is 491 g/mol. The van der Waals surface area contributed by atoms with E-state index in [2.05, 4.69) is 65.6 Å². The number of allylic oxidation sites excluding steroid dienone is 1. The van der Waals surface area contributed by atoms with Crippen molar-refractivity contribution in [2.75, 3.05) is 26.8 Å². The third-order valence-corrected chi connectivity index (χ3v) is 7.41. The molecule has 1 aliphatic carbocycles. The molecule has 1 saturated carbocycles. The molecule has 1 aliphatic heterocycles. The van der Waals surface area contributed by atoms with Gasteiger partial charge in [0.2, 0.25) is 0 Å². The van der Waals surface area contributed by atoms with Gasteiger partial charge in [0.1, 0.15) is 0 Å². The van der Waals surface area contributed by atoms with Gasteiger partial charge in [0.05, 0.1) is 32.5 Å². The van der Waals surface area contributed by atoms with Crippen LogP contribution in [-0.2, 0) is 25.6 Å². The lowest BCUT2D eigenvalue weighted by atomic mass is 10.0. The van der Waals surface area contributed by atoms with Crippen molar-refractivity contribution in [3.05, 3.63) is 72.3 Å². The van der Waals surface area contributed by atoms with Gasteiger partial charge in [-0.15, -0.1) is 0 Å². The number of hydrogen-bond donors (Lipinski definition) is 0. The van der Waals surface area contributed by atoms with Crippen molar-refractivity contribution in [3.8, 4) is 11.1 Å². The number of piperidine rings is 1. The largest absolute Gasteiger partial charge is 0.469 e. The summed E-state index contributed by atoms with van der Waals surface area (Å²) in [7, 11) is 1.44. The van der Waals surface area contributed by atoms with Crippen molar-refractivity contribution in [2.24, 2.45) is 0 Å². The van der Waals surface area contributed by atoms with E-state index in [0.29, 0.717) is 25.7 Å².